The molecule has 64 valence electrons. The molecule has 0 spiro atoms. The summed E-state index contributed by atoms with van der Waals surface area (Å²) in [6, 6.07) is 0. The molecule has 2 aliphatic carbocycles. The maximum absolute atomic E-state index is 9.00. The van der Waals surface area contributed by atoms with Gasteiger partial charge in [-0.15, -0.1) is 0 Å². The molecule has 0 heterocycles. The number of nitrogens with one attached hydrogen (secondary N) is 1. The molecule has 2 heteroatoms. The fourth-order valence-corrected chi connectivity index (χ4v) is 1.60. The normalized spacial score (nSPS) is 28.1. The van der Waals surface area contributed by atoms with Gasteiger partial charge >= 0.3 is 0 Å². The summed E-state index contributed by atoms with van der Waals surface area (Å²) < 4.78 is 0. The van der Waals surface area contributed by atoms with Crippen molar-refractivity contribution in [1.29, 1.82) is 0 Å². The predicted octanol–water partition coefficient (Wildman–Crippen LogP) is 0.901. The van der Waals surface area contributed by atoms with Crippen molar-refractivity contribution in [2.75, 3.05) is 13.2 Å². The quantitative estimate of drug-likeness (QED) is 0.632. The minimum Gasteiger partial charge on any atom is -0.394 e. The third-order valence-electron chi connectivity index (χ3n) is 3.15. The van der Waals surface area contributed by atoms with E-state index in [1.807, 2.05) is 0 Å². The average Bonchev–Trinajstić information content (AvgIpc) is 2.66. The van der Waals surface area contributed by atoms with Crippen molar-refractivity contribution in [2.24, 2.45) is 5.92 Å². The van der Waals surface area contributed by atoms with Crippen LogP contribution in [0.15, 0.2) is 0 Å². The lowest BCUT2D eigenvalue weighted by Gasteiger charge is -2.27. The van der Waals surface area contributed by atoms with Crippen molar-refractivity contribution in [1.82, 2.24) is 5.32 Å². The lowest BCUT2D eigenvalue weighted by atomic mass is 9.85. The lowest BCUT2D eigenvalue weighted by molar-refractivity contribution is 0.209. The van der Waals surface area contributed by atoms with Gasteiger partial charge in [0.2, 0.25) is 0 Å². The highest BCUT2D eigenvalue weighted by molar-refractivity contribution is 5.01. The van der Waals surface area contributed by atoms with E-state index in [0.717, 1.165) is 12.5 Å². The molecule has 2 saturated carbocycles. The summed E-state index contributed by atoms with van der Waals surface area (Å²) in [7, 11) is 0. The fraction of sp³-hybridized carbons (Fsp3) is 1.00. The minimum atomic E-state index is 0.162. The standard InChI is InChI=1S/C9H17NO/c11-7-9(4-5-9)10-6-8-2-1-3-8/h8,10-11H,1-7H2. The number of rotatable bonds is 4. The van der Waals surface area contributed by atoms with E-state index < -0.39 is 0 Å². The first-order valence-corrected chi connectivity index (χ1v) is 4.71. The zero-order valence-corrected chi connectivity index (χ0v) is 6.97. The average molecular weight is 155 g/mol. The highest BCUT2D eigenvalue weighted by atomic mass is 16.3. The molecule has 0 radical (unpaired) electrons. The molecular weight excluding hydrogens is 138 g/mol. The van der Waals surface area contributed by atoms with Crippen LogP contribution in [-0.2, 0) is 0 Å². The Labute approximate surface area is 68.0 Å². The van der Waals surface area contributed by atoms with Gasteiger partial charge < -0.3 is 10.4 Å². The Kier molecular flexibility index (Phi) is 1.90. The molecule has 2 nitrogen and oxygen atoms in total. The van der Waals surface area contributed by atoms with Crippen LogP contribution in [0.2, 0.25) is 0 Å². The largest absolute Gasteiger partial charge is 0.394 e. The third kappa shape index (κ3) is 1.57. The van der Waals surface area contributed by atoms with Crippen LogP contribution in [0.25, 0.3) is 0 Å². The van der Waals surface area contributed by atoms with E-state index in [2.05, 4.69) is 5.32 Å². The minimum absolute atomic E-state index is 0.162. The summed E-state index contributed by atoms with van der Waals surface area (Å²) in [5.74, 6) is 0.916. The van der Waals surface area contributed by atoms with Gasteiger partial charge in [-0.3, -0.25) is 0 Å². The molecule has 2 N–H and O–H groups in total. The van der Waals surface area contributed by atoms with Gasteiger partial charge in [-0.25, -0.2) is 0 Å². The molecule has 0 unspecified atom stereocenters. The highest BCUT2D eigenvalue weighted by Gasteiger charge is 2.41. The number of hydrogen-bond donors (Lipinski definition) is 2. The van der Waals surface area contributed by atoms with Crippen LogP contribution in [0.3, 0.4) is 0 Å². The van der Waals surface area contributed by atoms with Crippen LogP contribution in [-0.4, -0.2) is 23.8 Å². The number of aliphatic hydroxyl groups is 1. The first-order chi connectivity index (χ1) is 5.35. The summed E-state index contributed by atoms with van der Waals surface area (Å²) in [5.41, 5.74) is 0.162. The van der Waals surface area contributed by atoms with E-state index in [4.69, 9.17) is 5.11 Å². The van der Waals surface area contributed by atoms with Gasteiger partial charge in [0.05, 0.1) is 6.61 Å². The smallest absolute Gasteiger partial charge is 0.0613 e. The first kappa shape index (κ1) is 7.56. The molecule has 0 bridgehead atoms. The molecule has 2 fully saturated rings. The summed E-state index contributed by atoms with van der Waals surface area (Å²) in [4.78, 5) is 0. The maximum Gasteiger partial charge on any atom is 0.0613 e. The molecule has 0 aromatic rings. The van der Waals surface area contributed by atoms with Crippen molar-refractivity contribution in [2.45, 2.75) is 37.6 Å². The Balaban J connectivity index is 1.65. The van der Waals surface area contributed by atoms with Crippen molar-refractivity contribution in [3.63, 3.8) is 0 Å². The summed E-state index contributed by atoms with van der Waals surface area (Å²) in [6.45, 7) is 1.47. The van der Waals surface area contributed by atoms with Crippen LogP contribution in [0, 0.1) is 5.92 Å². The second kappa shape index (κ2) is 2.76. The van der Waals surface area contributed by atoms with E-state index in [1.165, 1.54) is 32.1 Å². The molecule has 0 aliphatic heterocycles. The first-order valence-electron chi connectivity index (χ1n) is 4.71. The van der Waals surface area contributed by atoms with Gasteiger partial charge in [0.1, 0.15) is 0 Å². The molecule has 11 heavy (non-hydrogen) atoms. The second-order valence-electron chi connectivity index (χ2n) is 4.12. The topological polar surface area (TPSA) is 32.3 Å². The van der Waals surface area contributed by atoms with E-state index in [0.29, 0.717) is 6.61 Å². The van der Waals surface area contributed by atoms with Crippen LogP contribution in [0.4, 0.5) is 0 Å². The monoisotopic (exact) mass is 155 g/mol. The zero-order valence-electron chi connectivity index (χ0n) is 6.97. The van der Waals surface area contributed by atoms with Crippen LogP contribution in [0.1, 0.15) is 32.1 Å². The maximum atomic E-state index is 9.00. The van der Waals surface area contributed by atoms with Crippen molar-refractivity contribution in [3.8, 4) is 0 Å². The van der Waals surface area contributed by atoms with E-state index >= 15 is 0 Å². The van der Waals surface area contributed by atoms with Crippen molar-refractivity contribution in [3.05, 3.63) is 0 Å². The molecule has 0 aromatic carbocycles. The van der Waals surface area contributed by atoms with Gasteiger partial charge in [-0.05, 0) is 38.1 Å². The Morgan fingerprint density at radius 2 is 2.09 bits per heavy atom. The van der Waals surface area contributed by atoms with Crippen LogP contribution < -0.4 is 5.32 Å². The van der Waals surface area contributed by atoms with Gasteiger partial charge in [-0.1, -0.05) is 6.42 Å². The fourth-order valence-electron chi connectivity index (χ4n) is 1.60. The summed E-state index contributed by atoms with van der Waals surface area (Å²) in [6.07, 6.45) is 6.56. The highest BCUT2D eigenvalue weighted by Crippen LogP contribution is 2.35. The van der Waals surface area contributed by atoms with Crippen LogP contribution >= 0.6 is 0 Å². The second-order valence-corrected chi connectivity index (χ2v) is 4.12. The Morgan fingerprint density at radius 1 is 1.36 bits per heavy atom. The van der Waals surface area contributed by atoms with E-state index in [1.54, 1.807) is 0 Å². The van der Waals surface area contributed by atoms with E-state index in [9.17, 15) is 0 Å². The summed E-state index contributed by atoms with van der Waals surface area (Å²) >= 11 is 0. The predicted molar refractivity (Wildman–Crippen MR) is 44.4 cm³/mol. The molecule has 2 aliphatic rings. The Bertz CT molecular complexity index is 138. The van der Waals surface area contributed by atoms with Gasteiger partial charge in [0.15, 0.2) is 0 Å². The van der Waals surface area contributed by atoms with Crippen molar-refractivity contribution < 1.29 is 5.11 Å². The van der Waals surface area contributed by atoms with Gasteiger partial charge in [0.25, 0.3) is 0 Å². The zero-order chi connectivity index (χ0) is 7.73. The van der Waals surface area contributed by atoms with Crippen molar-refractivity contribution >= 4 is 0 Å². The molecule has 0 aromatic heterocycles. The summed E-state index contributed by atoms with van der Waals surface area (Å²) in [5, 5.41) is 12.5. The molecule has 2 rings (SSSR count). The number of hydrogen-bond acceptors (Lipinski definition) is 2. The lowest BCUT2D eigenvalue weighted by Crippen LogP contribution is -2.39. The Morgan fingerprint density at radius 3 is 2.45 bits per heavy atom. The molecule has 0 saturated heterocycles. The Hall–Kier alpha value is -0.0800. The molecular formula is C9H17NO. The van der Waals surface area contributed by atoms with Gasteiger partial charge in [0, 0.05) is 5.54 Å². The SMILES string of the molecule is OCC1(NCC2CCC2)CC1. The molecule has 0 amide bonds. The molecule has 0 atom stereocenters. The van der Waals surface area contributed by atoms with Crippen LogP contribution in [0.5, 0.6) is 0 Å². The van der Waals surface area contributed by atoms with E-state index in [-0.39, 0.29) is 5.54 Å². The third-order valence-corrected chi connectivity index (χ3v) is 3.15. The number of aliphatic hydroxyl groups excluding tert-OH is 1. The van der Waals surface area contributed by atoms with Gasteiger partial charge in [-0.2, -0.15) is 0 Å².